The van der Waals surface area contributed by atoms with E-state index in [2.05, 4.69) is 60.7 Å². The van der Waals surface area contributed by atoms with Gasteiger partial charge < -0.3 is 5.92 Å². The van der Waals surface area contributed by atoms with Crippen LogP contribution in [-0.2, 0) is 0 Å². The van der Waals surface area contributed by atoms with Crippen molar-refractivity contribution in [2.75, 3.05) is 0 Å². The van der Waals surface area contributed by atoms with Gasteiger partial charge in [-0.05, 0) is 23.0 Å². The van der Waals surface area contributed by atoms with Gasteiger partial charge in [-0.25, -0.2) is 0 Å². The predicted octanol–water partition coefficient (Wildman–Crippen LogP) is 3.51. The van der Waals surface area contributed by atoms with Gasteiger partial charge >= 0.3 is 18.9 Å². The molecule has 0 nitrogen and oxygen atoms in total. The van der Waals surface area contributed by atoms with Crippen molar-refractivity contribution < 1.29 is 18.9 Å². The summed E-state index contributed by atoms with van der Waals surface area (Å²) in [5.74, 6) is 4.13. The molecule has 2 atom stereocenters. The van der Waals surface area contributed by atoms with E-state index in [0.29, 0.717) is 11.8 Å². The Morgan fingerprint density at radius 3 is 1.54 bits per heavy atom. The van der Waals surface area contributed by atoms with Crippen molar-refractivity contribution in [3.05, 3.63) is 77.7 Å². The molecule has 0 N–H and O–H groups in total. The summed E-state index contributed by atoms with van der Waals surface area (Å²) < 4.78 is 0. The number of benzene rings is 2. The van der Waals surface area contributed by atoms with Crippen LogP contribution in [0.1, 0.15) is 67.9 Å². The first-order valence-corrected chi connectivity index (χ1v) is 9.36. The molecule has 120 valence electrons. The van der Waals surface area contributed by atoms with Gasteiger partial charge in [0.05, 0.1) is 0 Å². The Kier molecular flexibility index (Phi) is 6.26. The number of rotatable bonds is 3. The van der Waals surface area contributed by atoms with Crippen molar-refractivity contribution in [2.24, 2.45) is 5.92 Å². The van der Waals surface area contributed by atoms with Crippen molar-refractivity contribution in [2.45, 2.75) is 56.8 Å². The third kappa shape index (κ3) is 3.82. The molecule has 2 fully saturated rings. The minimum atomic E-state index is 0. The summed E-state index contributed by atoms with van der Waals surface area (Å²) in [6, 6.07) is 22.4. The van der Waals surface area contributed by atoms with Gasteiger partial charge in [0.25, 0.3) is 0 Å². The van der Waals surface area contributed by atoms with Gasteiger partial charge in [-0.3, -0.25) is 0 Å². The quantitative estimate of drug-likeness (QED) is 0.601. The summed E-state index contributed by atoms with van der Waals surface area (Å²) in [4.78, 5) is 0. The Balaban J connectivity index is 0.00000169. The van der Waals surface area contributed by atoms with Crippen LogP contribution in [-0.4, -0.2) is 0 Å². The van der Waals surface area contributed by atoms with Crippen LogP contribution >= 0.6 is 0 Å². The molecule has 2 aliphatic rings. The zero-order valence-corrected chi connectivity index (χ0v) is 15.0. The average molecular weight is 310 g/mol. The van der Waals surface area contributed by atoms with Crippen LogP contribution in [0.3, 0.4) is 0 Å². The molecular weight excluding hydrogens is 283 g/mol. The minimum Gasteiger partial charge on any atom is -0.309 e. The maximum Gasteiger partial charge on any atom is 1.00 e. The van der Waals surface area contributed by atoms with E-state index in [1.165, 1.54) is 56.1 Å². The Bertz CT molecular complexity index is 553. The second-order valence-corrected chi connectivity index (χ2v) is 7.44. The number of hydrogen-bond donors (Lipinski definition) is 0. The molecule has 2 saturated carbocycles. The fourth-order valence-corrected chi connectivity index (χ4v) is 4.88. The van der Waals surface area contributed by atoms with E-state index in [-0.39, 0.29) is 18.9 Å². The standard InChI is InChI=1S/C23H27.Li/c1-4-10-18(11-5-1)21-16-22(19-12-6-2-7-13-19)23(17-21)20-14-8-3-9-15-20;/h2-3,6-9,12-15,18,22-23H,1,4-5,10-11,16-17H2;/q-1;+1. The molecular formula is C23H27Li. The zero-order chi connectivity index (χ0) is 15.5. The van der Waals surface area contributed by atoms with Crippen LogP contribution in [0.2, 0.25) is 0 Å². The normalized spacial score (nSPS) is 25.3. The third-order valence-corrected chi connectivity index (χ3v) is 6.09. The third-order valence-electron chi connectivity index (χ3n) is 6.09. The maximum absolute atomic E-state index is 2.34. The second kappa shape index (κ2) is 8.42. The summed E-state index contributed by atoms with van der Waals surface area (Å²) in [6.45, 7) is 0. The molecule has 2 aromatic rings. The molecule has 0 aliphatic heterocycles. The molecule has 0 saturated heterocycles. The van der Waals surface area contributed by atoms with E-state index in [0.717, 1.165) is 5.92 Å². The van der Waals surface area contributed by atoms with Crippen LogP contribution in [0.5, 0.6) is 0 Å². The van der Waals surface area contributed by atoms with Crippen LogP contribution in [0.4, 0.5) is 0 Å². The van der Waals surface area contributed by atoms with Crippen molar-refractivity contribution in [1.82, 2.24) is 0 Å². The van der Waals surface area contributed by atoms with E-state index < -0.39 is 0 Å². The summed E-state index contributed by atoms with van der Waals surface area (Å²) in [5.41, 5.74) is 3.07. The van der Waals surface area contributed by atoms with Gasteiger partial charge in [0.1, 0.15) is 0 Å². The zero-order valence-electron chi connectivity index (χ0n) is 15.0. The smallest absolute Gasteiger partial charge is 0.309 e. The molecule has 0 bridgehead atoms. The van der Waals surface area contributed by atoms with Crippen molar-refractivity contribution >= 4 is 0 Å². The molecule has 1 heteroatoms. The van der Waals surface area contributed by atoms with Crippen LogP contribution in [0, 0.1) is 11.8 Å². The van der Waals surface area contributed by atoms with Crippen molar-refractivity contribution in [3.8, 4) is 0 Å². The molecule has 2 aromatic carbocycles. The molecule has 2 aliphatic carbocycles. The van der Waals surface area contributed by atoms with E-state index in [1.54, 1.807) is 0 Å². The van der Waals surface area contributed by atoms with E-state index >= 15 is 0 Å². The summed E-state index contributed by atoms with van der Waals surface area (Å²) in [6.07, 6.45) is 9.85. The maximum atomic E-state index is 2.34. The predicted molar refractivity (Wildman–Crippen MR) is 97.4 cm³/mol. The first kappa shape index (κ1) is 17.8. The fraction of sp³-hybridized carbons (Fsp3) is 0.435. The second-order valence-electron chi connectivity index (χ2n) is 7.44. The first-order chi connectivity index (χ1) is 11.4. The van der Waals surface area contributed by atoms with E-state index in [4.69, 9.17) is 0 Å². The molecule has 4 rings (SSSR count). The van der Waals surface area contributed by atoms with Gasteiger partial charge in [0, 0.05) is 0 Å². The Morgan fingerprint density at radius 1 is 0.625 bits per heavy atom. The molecule has 24 heavy (non-hydrogen) atoms. The molecule has 0 heterocycles. The van der Waals surface area contributed by atoms with E-state index in [9.17, 15) is 0 Å². The summed E-state index contributed by atoms with van der Waals surface area (Å²) in [5, 5.41) is 0. The van der Waals surface area contributed by atoms with Gasteiger partial charge in [0.15, 0.2) is 0 Å². The topological polar surface area (TPSA) is 0 Å². The van der Waals surface area contributed by atoms with Crippen LogP contribution < -0.4 is 18.9 Å². The summed E-state index contributed by atoms with van der Waals surface area (Å²) >= 11 is 0. The largest absolute Gasteiger partial charge is 1.00 e. The molecule has 0 spiro atoms. The first-order valence-electron chi connectivity index (χ1n) is 9.36. The van der Waals surface area contributed by atoms with Gasteiger partial charge in [-0.2, -0.15) is 18.8 Å². The Hall–Kier alpha value is -0.963. The molecule has 0 amide bonds. The van der Waals surface area contributed by atoms with Crippen LogP contribution in [0.25, 0.3) is 0 Å². The minimum absolute atomic E-state index is 0. The van der Waals surface area contributed by atoms with Gasteiger partial charge in [-0.1, -0.05) is 92.8 Å². The fourth-order valence-electron chi connectivity index (χ4n) is 4.88. The molecule has 0 aromatic heterocycles. The van der Waals surface area contributed by atoms with Gasteiger partial charge in [0.2, 0.25) is 0 Å². The van der Waals surface area contributed by atoms with Gasteiger partial charge in [-0.15, -0.1) is 0 Å². The number of hydrogen-bond acceptors (Lipinski definition) is 0. The monoisotopic (exact) mass is 310 g/mol. The summed E-state index contributed by atoms with van der Waals surface area (Å²) in [7, 11) is 0. The van der Waals surface area contributed by atoms with Crippen molar-refractivity contribution in [3.63, 3.8) is 0 Å². The SMILES string of the molecule is [Li+].c1ccc(C2C[C-](C3CCCCC3)CC2c2ccccc2)cc1. The molecule has 0 radical (unpaired) electrons. The van der Waals surface area contributed by atoms with Crippen LogP contribution in [0.15, 0.2) is 60.7 Å². The average Bonchev–Trinajstić information content (AvgIpc) is 3.09. The Morgan fingerprint density at radius 2 is 1.08 bits per heavy atom. The molecule has 2 unspecified atom stereocenters. The van der Waals surface area contributed by atoms with E-state index in [1.807, 2.05) is 5.92 Å². The van der Waals surface area contributed by atoms with Crippen molar-refractivity contribution in [1.29, 1.82) is 0 Å². The Labute approximate surface area is 159 Å².